The minimum absolute atomic E-state index is 0.167. The number of hydrogen-bond acceptors (Lipinski definition) is 5. The van der Waals surface area contributed by atoms with E-state index < -0.39 is 17.3 Å². The quantitative estimate of drug-likeness (QED) is 0.372. The molecule has 0 saturated carbocycles. The zero-order valence-electron chi connectivity index (χ0n) is 8.83. The van der Waals surface area contributed by atoms with Crippen molar-refractivity contribution in [2.45, 2.75) is 14.8 Å². The molecule has 0 aliphatic heterocycles. The van der Waals surface area contributed by atoms with E-state index in [0.29, 0.717) is 0 Å². The van der Waals surface area contributed by atoms with Gasteiger partial charge in [-0.25, -0.2) is 8.42 Å². The molecule has 0 aliphatic rings. The second kappa shape index (κ2) is 6.31. The first-order valence-corrected chi connectivity index (χ1v) is 7.92. The number of sulfone groups is 1. The molecular weight excluding hydrogens is 446 g/mol. The lowest BCUT2D eigenvalue weighted by molar-refractivity contribution is -0.139. The summed E-state index contributed by atoms with van der Waals surface area (Å²) < 4.78 is 26.7. The number of halogens is 3. The van der Waals surface area contributed by atoms with Crippen molar-refractivity contribution in [3.05, 3.63) is 10.5 Å². The molecule has 5 nitrogen and oxygen atoms in total. The Morgan fingerprint density at radius 1 is 1.41 bits per heavy atom. The number of hydrogen-bond donors (Lipinski definition) is 0. The lowest BCUT2D eigenvalue weighted by Crippen LogP contribution is -2.20. The third-order valence-corrected chi connectivity index (χ3v) is 7.31. The molecule has 0 heterocycles. The molecule has 0 spiro atoms. The summed E-state index contributed by atoms with van der Waals surface area (Å²) in [7, 11) is -2.68. The predicted molar refractivity (Wildman–Crippen MR) is 73.4 cm³/mol. The minimum Gasteiger partial charge on any atom is -0.469 e. The molecule has 0 amide bonds. The number of carbonyl (C=O) groups excluding carboxylic acids is 1. The zero-order chi connectivity index (χ0) is 13.9. The highest BCUT2D eigenvalue weighted by Gasteiger charge is 2.38. The normalized spacial score (nSPS) is 13.6. The van der Waals surface area contributed by atoms with Crippen LogP contribution in [0.3, 0.4) is 0 Å². The first-order valence-electron chi connectivity index (χ1n) is 4.06. The van der Waals surface area contributed by atoms with Gasteiger partial charge in [0.1, 0.15) is 0 Å². The van der Waals surface area contributed by atoms with Crippen LogP contribution in [-0.2, 0) is 19.4 Å². The van der Waals surface area contributed by atoms with Crippen molar-refractivity contribution in [1.82, 2.24) is 0 Å². The SMILES string of the molecule is COC(=O)C/C(C#N)=C(/C)S(=O)(=O)C(Br)(Br)Br. The first kappa shape index (κ1) is 17.1. The Hall–Kier alpha value is 0.0900. The number of rotatable bonds is 3. The Balaban J connectivity index is 5.58. The zero-order valence-corrected chi connectivity index (χ0v) is 14.4. The minimum atomic E-state index is -3.84. The monoisotopic (exact) mass is 451 g/mol. The maximum atomic E-state index is 11.9. The van der Waals surface area contributed by atoms with Crippen molar-refractivity contribution in [2.75, 3.05) is 7.11 Å². The topological polar surface area (TPSA) is 84.2 Å². The summed E-state index contributed by atoms with van der Waals surface area (Å²) in [6.45, 7) is 1.25. The van der Waals surface area contributed by atoms with E-state index in [2.05, 4.69) is 52.5 Å². The highest BCUT2D eigenvalue weighted by Crippen LogP contribution is 2.43. The molecule has 0 fully saturated rings. The van der Waals surface area contributed by atoms with E-state index in [1.807, 2.05) is 0 Å². The summed E-state index contributed by atoms with van der Waals surface area (Å²) >= 11 is 8.60. The van der Waals surface area contributed by atoms with Gasteiger partial charge < -0.3 is 4.74 Å². The van der Waals surface area contributed by atoms with E-state index in [9.17, 15) is 13.2 Å². The molecule has 0 aromatic carbocycles. The summed E-state index contributed by atoms with van der Waals surface area (Å²) in [5.41, 5.74) is -0.167. The van der Waals surface area contributed by atoms with Crippen LogP contribution >= 0.6 is 47.8 Å². The molecule has 17 heavy (non-hydrogen) atoms. The number of methoxy groups -OCH3 is 1. The number of allylic oxidation sites excluding steroid dienone is 1. The Bertz CT molecular complexity index is 484. The van der Waals surface area contributed by atoms with Crippen molar-refractivity contribution in [2.24, 2.45) is 0 Å². The number of alkyl halides is 3. The molecule has 0 bridgehead atoms. The molecule has 0 rings (SSSR count). The summed E-state index contributed by atoms with van der Waals surface area (Å²) in [4.78, 5) is 10.8. The fourth-order valence-electron chi connectivity index (χ4n) is 0.795. The van der Waals surface area contributed by atoms with E-state index in [1.165, 1.54) is 6.92 Å². The second-order valence-electron chi connectivity index (χ2n) is 2.85. The molecule has 0 unspecified atom stereocenters. The van der Waals surface area contributed by atoms with E-state index in [4.69, 9.17) is 5.26 Å². The van der Waals surface area contributed by atoms with Crippen LogP contribution < -0.4 is 0 Å². The van der Waals surface area contributed by atoms with E-state index in [1.54, 1.807) is 6.07 Å². The van der Waals surface area contributed by atoms with Crippen LogP contribution in [0.5, 0.6) is 0 Å². The van der Waals surface area contributed by atoms with Crippen molar-refractivity contribution in [3.63, 3.8) is 0 Å². The Morgan fingerprint density at radius 2 is 1.88 bits per heavy atom. The van der Waals surface area contributed by atoms with Gasteiger partial charge in [0.15, 0.2) is 0 Å². The summed E-state index contributed by atoms with van der Waals surface area (Å²) in [5, 5.41) is 8.84. The fourth-order valence-corrected chi connectivity index (χ4v) is 3.77. The van der Waals surface area contributed by atoms with E-state index >= 15 is 0 Å². The van der Waals surface area contributed by atoms with Crippen molar-refractivity contribution in [3.8, 4) is 6.07 Å². The first-order chi connectivity index (χ1) is 7.57. The highest BCUT2D eigenvalue weighted by molar-refractivity contribution is 9.42. The van der Waals surface area contributed by atoms with Crippen LogP contribution in [-0.4, -0.2) is 23.0 Å². The van der Waals surface area contributed by atoms with E-state index in [-0.39, 0.29) is 16.9 Å². The van der Waals surface area contributed by atoms with Gasteiger partial charge in [-0.1, -0.05) is 0 Å². The highest BCUT2D eigenvalue weighted by atomic mass is 80.0. The molecule has 0 aromatic heterocycles. The maximum Gasteiger partial charge on any atom is 0.310 e. The lowest BCUT2D eigenvalue weighted by atomic mass is 10.2. The predicted octanol–water partition coefficient (Wildman–Crippen LogP) is 2.56. The fraction of sp³-hybridized carbons (Fsp3) is 0.500. The van der Waals surface area contributed by atoms with Gasteiger partial charge in [-0.05, 0) is 54.7 Å². The maximum absolute atomic E-state index is 11.9. The van der Waals surface area contributed by atoms with Crippen molar-refractivity contribution in [1.29, 1.82) is 5.26 Å². The third kappa shape index (κ3) is 4.35. The molecule has 0 atom stereocenters. The second-order valence-corrected chi connectivity index (χ2v) is 13.4. The number of nitrogens with zero attached hydrogens (tertiary/aromatic N) is 1. The standard InChI is InChI=1S/C8H8Br3NO4S/c1-5(17(14,15)8(9,10)11)6(4-12)3-7(13)16-2/h3H2,1-2H3/b6-5+. The van der Waals surface area contributed by atoms with Crippen molar-refractivity contribution >= 4 is 63.6 Å². The van der Waals surface area contributed by atoms with Gasteiger partial charge in [0.2, 0.25) is 11.3 Å². The average molecular weight is 454 g/mol. The number of esters is 1. The van der Waals surface area contributed by atoms with Crippen molar-refractivity contribution < 1.29 is 17.9 Å². The van der Waals surface area contributed by atoms with Gasteiger partial charge in [0, 0.05) is 0 Å². The van der Waals surface area contributed by atoms with Gasteiger partial charge in [0.05, 0.1) is 30.1 Å². The third-order valence-electron chi connectivity index (χ3n) is 1.82. The molecule has 0 saturated heterocycles. The van der Waals surface area contributed by atoms with Gasteiger partial charge >= 0.3 is 5.97 Å². The molecule has 0 aromatic rings. The molecule has 9 heteroatoms. The molecule has 0 N–H and O–H groups in total. The van der Waals surface area contributed by atoms with Crippen LogP contribution in [0.2, 0.25) is 0 Å². The van der Waals surface area contributed by atoms with Crippen LogP contribution in [0.4, 0.5) is 0 Å². The van der Waals surface area contributed by atoms with E-state index in [0.717, 1.165) is 7.11 Å². The smallest absolute Gasteiger partial charge is 0.310 e. The molecule has 96 valence electrons. The molecule has 0 aliphatic carbocycles. The van der Waals surface area contributed by atoms with Crippen LogP contribution in [0, 0.1) is 11.3 Å². The number of nitriles is 1. The Morgan fingerprint density at radius 3 is 2.18 bits per heavy atom. The molecule has 0 radical (unpaired) electrons. The van der Waals surface area contributed by atoms with Gasteiger partial charge in [0.25, 0.3) is 0 Å². The van der Waals surface area contributed by atoms with Gasteiger partial charge in [-0.15, -0.1) is 0 Å². The summed E-state index contributed by atoms with van der Waals surface area (Å²) in [6.07, 6.45) is -0.388. The molecular formula is C8H8Br3NO4S. The Labute approximate surface area is 124 Å². The number of ether oxygens (including phenoxy) is 1. The van der Waals surface area contributed by atoms with Crippen LogP contribution in [0.15, 0.2) is 10.5 Å². The largest absolute Gasteiger partial charge is 0.469 e. The van der Waals surface area contributed by atoms with Gasteiger partial charge in [-0.2, -0.15) is 5.26 Å². The van der Waals surface area contributed by atoms with Crippen LogP contribution in [0.25, 0.3) is 0 Å². The Kier molecular flexibility index (Phi) is 6.35. The average Bonchev–Trinajstić information content (AvgIpc) is 2.22. The lowest BCUT2D eigenvalue weighted by Gasteiger charge is -2.14. The summed E-state index contributed by atoms with van der Waals surface area (Å²) in [5.74, 6) is -0.680. The summed E-state index contributed by atoms with van der Waals surface area (Å²) in [6, 6.07) is 1.68. The van der Waals surface area contributed by atoms with Gasteiger partial charge in [-0.3, -0.25) is 4.79 Å². The van der Waals surface area contributed by atoms with Crippen LogP contribution in [0.1, 0.15) is 13.3 Å². The number of carbonyl (C=O) groups is 1.